The number of hydrogen-bond donors (Lipinski definition) is 0. The van der Waals surface area contributed by atoms with E-state index in [0.29, 0.717) is 29.2 Å². The summed E-state index contributed by atoms with van der Waals surface area (Å²) in [6, 6.07) is 0. The Kier molecular flexibility index (Phi) is 6.13. The highest BCUT2D eigenvalue weighted by molar-refractivity contribution is 5.86. The minimum Gasteiger partial charge on any atom is -0.463 e. The van der Waals surface area contributed by atoms with Gasteiger partial charge in [-0.05, 0) is 78.9 Å². The molecule has 7 heteroatoms. The zero-order valence-electron chi connectivity index (χ0n) is 22.7. The molecule has 2 aliphatic heterocycles. The van der Waals surface area contributed by atoms with Crippen LogP contribution < -0.4 is 0 Å². The van der Waals surface area contributed by atoms with Gasteiger partial charge >= 0.3 is 17.9 Å². The predicted molar refractivity (Wildman–Crippen MR) is 131 cm³/mol. The lowest BCUT2D eigenvalue weighted by Gasteiger charge is -2.67. The van der Waals surface area contributed by atoms with E-state index in [2.05, 4.69) is 27.7 Å². The first-order valence-corrected chi connectivity index (χ1v) is 13.7. The molecule has 36 heavy (non-hydrogen) atoms. The third-order valence-electron chi connectivity index (χ3n) is 10.9. The third-order valence-corrected chi connectivity index (χ3v) is 10.9. The SMILES string of the molecule is CC(=O)OC[C@]12CC[C@H]3[C@@](C)(CC[C@H]4C(C)(C)CCC[C@]34C)[C@@H]1C[C@H](C1=CC(=O)O[C@@H]1OC(C)=O)O2. The summed E-state index contributed by atoms with van der Waals surface area (Å²) in [5.74, 6) is 0.0665. The van der Waals surface area contributed by atoms with Crippen molar-refractivity contribution in [3.8, 4) is 0 Å². The van der Waals surface area contributed by atoms with Crippen molar-refractivity contribution in [1.82, 2.24) is 0 Å². The maximum atomic E-state index is 12.1. The first-order chi connectivity index (χ1) is 16.8. The fourth-order valence-corrected chi connectivity index (χ4v) is 9.63. The van der Waals surface area contributed by atoms with Gasteiger partial charge < -0.3 is 18.9 Å². The molecule has 5 rings (SSSR count). The van der Waals surface area contributed by atoms with Crippen molar-refractivity contribution in [3.05, 3.63) is 11.6 Å². The van der Waals surface area contributed by atoms with Crippen molar-refractivity contribution in [3.63, 3.8) is 0 Å². The number of carbonyl (C=O) groups is 3. The first-order valence-electron chi connectivity index (χ1n) is 13.7. The largest absolute Gasteiger partial charge is 0.463 e. The van der Waals surface area contributed by atoms with Crippen molar-refractivity contribution in [2.24, 2.45) is 34.0 Å². The second kappa shape index (κ2) is 8.57. The smallest absolute Gasteiger partial charge is 0.334 e. The van der Waals surface area contributed by atoms with E-state index in [1.807, 2.05) is 0 Å². The van der Waals surface area contributed by atoms with E-state index >= 15 is 0 Å². The van der Waals surface area contributed by atoms with Gasteiger partial charge in [0, 0.05) is 25.5 Å². The quantitative estimate of drug-likeness (QED) is 0.494. The van der Waals surface area contributed by atoms with Crippen LogP contribution in [0.5, 0.6) is 0 Å². The molecule has 0 radical (unpaired) electrons. The Morgan fingerprint density at radius 1 is 0.944 bits per heavy atom. The van der Waals surface area contributed by atoms with Crippen LogP contribution in [0.3, 0.4) is 0 Å². The van der Waals surface area contributed by atoms with E-state index < -0.39 is 29.9 Å². The number of ether oxygens (including phenoxy) is 4. The van der Waals surface area contributed by atoms with Crippen LogP contribution in [0.1, 0.15) is 92.9 Å². The van der Waals surface area contributed by atoms with Crippen LogP contribution in [0.25, 0.3) is 0 Å². The molecule has 2 heterocycles. The summed E-state index contributed by atoms with van der Waals surface area (Å²) in [7, 11) is 0. The van der Waals surface area contributed by atoms with E-state index in [1.165, 1.54) is 45.6 Å². The monoisotopic (exact) mass is 502 g/mol. The number of carbonyl (C=O) groups excluding carboxylic acids is 3. The zero-order valence-corrected chi connectivity index (χ0v) is 22.7. The highest BCUT2D eigenvalue weighted by Crippen LogP contribution is 2.71. The molecule has 0 amide bonds. The van der Waals surface area contributed by atoms with Crippen molar-refractivity contribution >= 4 is 17.9 Å². The van der Waals surface area contributed by atoms with Crippen molar-refractivity contribution in [1.29, 1.82) is 0 Å². The van der Waals surface area contributed by atoms with Crippen LogP contribution in [-0.4, -0.2) is 42.5 Å². The van der Waals surface area contributed by atoms with Crippen molar-refractivity contribution in [2.45, 2.75) is 111 Å². The maximum Gasteiger partial charge on any atom is 0.334 e. The van der Waals surface area contributed by atoms with Crippen LogP contribution in [-0.2, 0) is 33.3 Å². The standard InChI is InChI=1S/C29H42O7/c1-17(30)33-16-29-13-9-22-27(5)11-7-10-26(3,4)21(27)8-12-28(22,6)23(29)15-20(36-29)19-14-24(32)35-25(19)34-18(2)31/h14,20-23,25H,7-13,15-16H2,1-6H3/t20-,21+,22-,23+,25+,27+,28-,29-/m1/s1. The highest BCUT2D eigenvalue weighted by atomic mass is 16.7. The molecule has 0 unspecified atom stereocenters. The van der Waals surface area contributed by atoms with Crippen LogP contribution in [0.4, 0.5) is 0 Å². The summed E-state index contributed by atoms with van der Waals surface area (Å²) < 4.78 is 23.0. The van der Waals surface area contributed by atoms with Gasteiger partial charge in [0.25, 0.3) is 6.29 Å². The van der Waals surface area contributed by atoms with E-state index in [0.717, 1.165) is 19.3 Å². The van der Waals surface area contributed by atoms with Gasteiger partial charge in [0.15, 0.2) is 0 Å². The average Bonchev–Trinajstić information content (AvgIpc) is 3.32. The van der Waals surface area contributed by atoms with Gasteiger partial charge in [0.1, 0.15) is 12.2 Å². The molecule has 3 saturated carbocycles. The predicted octanol–water partition coefficient (Wildman–Crippen LogP) is 5.11. The van der Waals surface area contributed by atoms with Crippen LogP contribution in [0, 0.1) is 34.0 Å². The van der Waals surface area contributed by atoms with Gasteiger partial charge in [-0.15, -0.1) is 0 Å². The van der Waals surface area contributed by atoms with Gasteiger partial charge in [-0.1, -0.05) is 34.1 Å². The van der Waals surface area contributed by atoms with Gasteiger partial charge in [-0.3, -0.25) is 9.59 Å². The second-order valence-electron chi connectivity index (χ2n) is 13.3. The summed E-state index contributed by atoms with van der Waals surface area (Å²) in [5.41, 5.74) is 0.575. The third kappa shape index (κ3) is 3.91. The van der Waals surface area contributed by atoms with Crippen LogP contribution in [0.15, 0.2) is 11.6 Å². The fraction of sp³-hybridized carbons (Fsp3) is 0.828. The molecule has 0 spiro atoms. The zero-order chi connectivity index (χ0) is 26.1. The molecule has 0 aromatic heterocycles. The van der Waals surface area contributed by atoms with Crippen LogP contribution >= 0.6 is 0 Å². The maximum absolute atomic E-state index is 12.1. The Morgan fingerprint density at radius 3 is 2.33 bits per heavy atom. The van der Waals surface area contributed by atoms with E-state index in [9.17, 15) is 14.4 Å². The second-order valence-corrected chi connectivity index (χ2v) is 13.3. The van der Waals surface area contributed by atoms with Crippen molar-refractivity contribution in [2.75, 3.05) is 6.61 Å². The van der Waals surface area contributed by atoms with Gasteiger partial charge in [-0.2, -0.15) is 0 Å². The number of rotatable bonds is 4. The summed E-state index contributed by atoms with van der Waals surface area (Å²) in [6.45, 7) is 12.8. The molecule has 0 N–H and O–H groups in total. The minimum atomic E-state index is -1.05. The Hall–Kier alpha value is -1.89. The fourth-order valence-electron chi connectivity index (χ4n) is 9.63. The molecule has 5 aliphatic rings. The van der Waals surface area contributed by atoms with Gasteiger partial charge in [-0.25, -0.2) is 4.79 Å². The molecular formula is C29H42O7. The normalized spacial score (nSPS) is 45.0. The van der Waals surface area contributed by atoms with Gasteiger partial charge in [0.2, 0.25) is 0 Å². The molecule has 0 aromatic carbocycles. The van der Waals surface area contributed by atoms with Crippen molar-refractivity contribution < 1.29 is 33.3 Å². The Balaban J connectivity index is 1.50. The summed E-state index contributed by atoms with van der Waals surface area (Å²) in [4.78, 5) is 35.7. The number of esters is 3. The molecule has 0 aromatic rings. The number of fused-ring (bicyclic) bond motifs is 5. The minimum absolute atomic E-state index is 0.0206. The van der Waals surface area contributed by atoms with E-state index in [-0.39, 0.29) is 29.3 Å². The molecule has 4 fully saturated rings. The molecule has 0 bridgehead atoms. The Morgan fingerprint density at radius 2 is 1.64 bits per heavy atom. The molecule has 3 aliphatic carbocycles. The van der Waals surface area contributed by atoms with Crippen LogP contribution in [0.2, 0.25) is 0 Å². The van der Waals surface area contributed by atoms with E-state index in [1.54, 1.807) is 0 Å². The summed E-state index contributed by atoms with van der Waals surface area (Å²) in [6.07, 6.45) is 8.61. The lowest BCUT2D eigenvalue weighted by atomic mass is 9.38. The molecule has 200 valence electrons. The molecule has 8 atom stereocenters. The average molecular weight is 503 g/mol. The van der Waals surface area contributed by atoms with Gasteiger partial charge in [0.05, 0.1) is 6.10 Å². The number of cyclic esters (lactones) is 1. The lowest BCUT2D eigenvalue weighted by molar-refractivity contribution is -0.216. The summed E-state index contributed by atoms with van der Waals surface area (Å²) in [5, 5.41) is 0. The first kappa shape index (κ1) is 25.7. The number of hydrogen-bond acceptors (Lipinski definition) is 7. The Bertz CT molecular complexity index is 984. The molecule has 1 saturated heterocycles. The molecule has 7 nitrogen and oxygen atoms in total. The Labute approximate surface area is 214 Å². The van der Waals surface area contributed by atoms with E-state index in [4.69, 9.17) is 18.9 Å². The summed E-state index contributed by atoms with van der Waals surface area (Å²) >= 11 is 0. The highest BCUT2D eigenvalue weighted by Gasteiger charge is 2.68. The lowest BCUT2D eigenvalue weighted by Crippen LogP contribution is -2.63. The topological polar surface area (TPSA) is 88.1 Å². The molecular weight excluding hydrogens is 460 g/mol.